The van der Waals surface area contributed by atoms with Crippen LogP contribution in [0.2, 0.25) is 0 Å². The van der Waals surface area contributed by atoms with Crippen LogP contribution < -0.4 is 4.74 Å². The van der Waals surface area contributed by atoms with Gasteiger partial charge in [0.05, 0.1) is 5.75 Å². The van der Waals surface area contributed by atoms with Gasteiger partial charge in [-0.3, -0.25) is 4.39 Å². The van der Waals surface area contributed by atoms with Gasteiger partial charge < -0.3 is 4.74 Å². The van der Waals surface area contributed by atoms with Gasteiger partial charge in [0.2, 0.25) is 0 Å². The monoisotopic (exact) mass is 322 g/mol. The SMILES string of the molecule is Fc1c[c-]ccc1OC(F)(F)F.[Zn+][Br]. The van der Waals surface area contributed by atoms with Gasteiger partial charge in [-0.1, -0.05) is 0 Å². The first-order chi connectivity index (χ1) is 6.49. The van der Waals surface area contributed by atoms with Gasteiger partial charge in [-0.15, -0.1) is 25.3 Å². The summed E-state index contributed by atoms with van der Waals surface area (Å²) >= 11 is 4.25. The quantitative estimate of drug-likeness (QED) is 0.437. The van der Waals surface area contributed by atoms with E-state index in [0.29, 0.717) is 0 Å². The van der Waals surface area contributed by atoms with Gasteiger partial charge in [-0.05, 0) is 0 Å². The van der Waals surface area contributed by atoms with E-state index in [1.807, 2.05) is 0 Å². The molecule has 1 nitrogen and oxygen atoms in total. The third-order valence-corrected chi connectivity index (χ3v) is 1.00. The number of halogens is 5. The molecule has 0 radical (unpaired) electrons. The van der Waals surface area contributed by atoms with Crippen LogP contribution in [0.15, 0.2) is 18.2 Å². The van der Waals surface area contributed by atoms with E-state index in [1.165, 1.54) is 16.3 Å². The van der Waals surface area contributed by atoms with E-state index in [0.717, 1.165) is 18.2 Å². The van der Waals surface area contributed by atoms with Crippen LogP contribution in [0.4, 0.5) is 17.6 Å². The van der Waals surface area contributed by atoms with E-state index in [1.54, 1.807) is 0 Å². The maximum absolute atomic E-state index is 12.5. The van der Waals surface area contributed by atoms with Gasteiger partial charge in [0.15, 0.2) is 0 Å². The van der Waals surface area contributed by atoms with Crippen molar-refractivity contribution in [2.75, 3.05) is 0 Å². The van der Waals surface area contributed by atoms with Crippen molar-refractivity contribution in [2.45, 2.75) is 6.36 Å². The molecule has 0 bridgehead atoms. The average molecular weight is 324 g/mol. The molecule has 74 valence electrons. The van der Waals surface area contributed by atoms with Gasteiger partial charge in [0.1, 0.15) is 0 Å². The fraction of sp³-hybridized carbons (Fsp3) is 0.143. The zero-order chi connectivity index (χ0) is 11.2. The van der Waals surface area contributed by atoms with E-state index in [2.05, 4.69) is 24.4 Å². The molecule has 0 atom stereocenters. The van der Waals surface area contributed by atoms with Crippen molar-refractivity contribution in [3.8, 4) is 5.75 Å². The summed E-state index contributed by atoms with van der Waals surface area (Å²) in [6, 6.07) is 5.01. The summed E-state index contributed by atoms with van der Waals surface area (Å²) < 4.78 is 50.4. The number of hydrogen-bond acceptors (Lipinski definition) is 1. The van der Waals surface area contributed by atoms with E-state index >= 15 is 0 Å². The van der Waals surface area contributed by atoms with Crippen LogP contribution in [-0.4, -0.2) is 6.36 Å². The summed E-state index contributed by atoms with van der Waals surface area (Å²) in [4.78, 5) is 0. The van der Waals surface area contributed by atoms with Crippen molar-refractivity contribution < 1.29 is 38.6 Å². The molecular weight excluding hydrogens is 321 g/mol. The third-order valence-electron chi connectivity index (χ3n) is 1.00. The Hall–Kier alpha value is -0.157. The zero-order valence-corrected chi connectivity index (χ0v) is 11.3. The predicted molar refractivity (Wildman–Crippen MR) is 40.8 cm³/mol. The van der Waals surface area contributed by atoms with Gasteiger partial charge in [-0.2, -0.15) is 12.1 Å². The molecule has 0 spiro atoms. The first kappa shape index (κ1) is 13.8. The zero-order valence-electron chi connectivity index (χ0n) is 6.74. The predicted octanol–water partition coefficient (Wildman–Crippen LogP) is 3.37. The molecule has 0 aromatic heterocycles. The van der Waals surface area contributed by atoms with Gasteiger partial charge in [0.25, 0.3) is 0 Å². The Morgan fingerprint density at radius 3 is 2.36 bits per heavy atom. The van der Waals surface area contributed by atoms with Crippen molar-refractivity contribution in [1.29, 1.82) is 0 Å². The van der Waals surface area contributed by atoms with E-state index in [9.17, 15) is 17.6 Å². The molecule has 1 rings (SSSR count). The number of hydrogen-bond donors (Lipinski definition) is 0. The standard InChI is InChI=1S/C7H3F4O.BrH.Zn/c8-5-3-1-2-4-6(5)12-7(9,10)11;;/h2-4H;1H;/q-1;;+2/p-1. The second-order valence-electron chi connectivity index (χ2n) is 1.90. The Labute approximate surface area is 94.5 Å². The Morgan fingerprint density at radius 2 is 1.93 bits per heavy atom. The Kier molecular flexibility index (Phi) is 6.28. The van der Waals surface area contributed by atoms with Gasteiger partial charge in [-0.25, -0.2) is 0 Å². The fourth-order valence-corrected chi connectivity index (χ4v) is 0.603. The normalized spacial score (nSPS) is 10.2. The third kappa shape index (κ3) is 5.55. The molecule has 0 aliphatic carbocycles. The summed E-state index contributed by atoms with van der Waals surface area (Å²) in [6.45, 7) is 0. The fourth-order valence-electron chi connectivity index (χ4n) is 0.603. The minimum absolute atomic E-state index is 0.765. The van der Waals surface area contributed by atoms with E-state index < -0.39 is 17.9 Å². The molecule has 0 heterocycles. The van der Waals surface area contributed by atoms with E-state index in [4.69, 9.17) is 0 Å². The van der Waals surface area contributed by atoms with Crippen LogP contribution in [0.1, 0.15) is 0 Å². The maximum atomic E-state index is 12.5. The summed E-state index contributed by atoms with van der Waals surface area (Å²) in [5.74, 6) is -1.93. The van der Waals surface area contributed by atoms with E-state index in [-0.39, 0.29) is 0 Å². The first-order valence-electron chi connectivity index (χ1n) is 3.17. The molecule has 0 aliphatic rings. The molecule has 0 aliphatic heterocycles. The number of ether oxygens (including phenoxy) is 1. The van der Waals surface area contributed by atoms with Crippen LogP contribution in [0.25, 0.3) is 0 Å². The second-order valence-corrected chi connectivity index (χ2v) is 1.90. The van der Waals surface area contributed by atoms with Gasteiger partial charge in [0, 0.05) is 5.82 Å². The topological polar surface area (TPSA) is 9.23 Å². The summed E-state index contributed by atoms with van der Waals surface area (Å²) in [7, 11) is 0. The number of rotatable bonds is 1. The van der Waals surface area contributed by atoms with Crippen LogP contribution in [0.3, 0.4) is 0 Å². The molecule has 0 saturated heterocycles. The molecule has 0 amide bonds. The molecule has 0 unspecified atom stereocenters. The number of benzene rings is 1. The second kappa shape index (κ2) is 6.35. The molecule has 7 heteroatoms. The van der Waals surface area contributed by atoms with Crippen molar-refractivity contribution >= 4 is 13.6 Å². The van der Waals surface area contributed by atoms with Crippen LogP contribution in [0.5, 0.6) is 5.75 Å². The Morgan fingerprint density at radius 1 is 1.36 bits per heavy atom. The van der Waals surface area contributed by atoms with Crippen LogP contribution in [-0.2, 0) is 16.3 Å². The summed E-state index contributed by atoms with van der Waals surface area (Å²) in [5.41, 5.74) is 0. The van der Waals surface area contributed by atoms with Crippen LogP contribution in [0, 0.1) is 11.9 Å². The molecule has 0 fully saturated rings. The Bertz CT molecular complexity index is 279. The van der Waals surface area contributed by atoms with Crippen molar-refractivity contribution in [3.63, 3.8) is 0 Å². The summed E-state index contributed by atoms with van der Waals surface area (Å²) in [5, 5.41) is 0. The molecule has 0 N–H and O–H groups in total. The first-order valence-corrected chi connectivity index (χ1v) is 10.1. The van der Waals surface area contributed by atoms with Crippen LogP contribution >= 0.6 is 13.6 Å². The van der Waals surface area contributed by atoms with Crippen molar-refractivity contribution in [2.24, 2.45) is 0 Å². The molecule has 1 aromatic carbocycles. The number of alkyl halides is 3. The molecule has 14 heavy (non-hydrogen) atoms. The molecule has 1 aromatic rings. The molecule has 0 saturated carbocycles. The molecular formula is C7H3BrF4OZn. The average Bonchev–Trinajstić information content (AvgIpc) is 2.10. The van der Waals surface area contributed by atoms with Gasteiger partial charge >= 0.3 is 36.3 Å². The minimum atomic E-state index is -4.86. The van der Waals surface area contributed by atoms with Crippen molar-refractivity contribution in [3.05, 3.63) is 30.1 Å². The Balaban J connectivity index is 0.000000791. The summed E-state index contributed by atoms with van der Waals surface area (Å²) in [6.07, 6.45) is -4.86. The van der Waals surface area contributed by atoms with Crippen molar-refractivity contribution in [1.82, 2.24) is 0 Å².